The van der Waals surface area contributed by atoms with Gasteiger partial charge in [-0.15, -0.1) is 0 Å². The van der Waals surface area contributed by atoms with Crippen LogP contribution in [0.3, 0.4) is 0 Å². The van der Waals surface area contributed by atoms with Crippen molar-refractivity contribution < 1.29 is 26.4 Å². The molecule has 0 aliphatic rings. The summed E-state index contributed by atoms with van der Waals surface area (Å²) in [5, 5.41) is 0. The third kappa shape index (κ3) is 5.39. The second kappa shape index (κ2) is 9.03. The number of halogens is 3. The predicted molar refractivity (Wildman–Crippen MR) is 111 cm³/mol. The topological polar surface area (TPSA) is 63.2 Å². The number of rotatable bonds is 7. The summed E-state index contributed by atoms with van der Waals surface area (Å²) >= 11 is 0. The Bertz CT molecular complexity index is 1130. The van der Waals surface area contributed by atoms with Crippen LogP contribution in [0.15, 0.2) is 89.8 Å². The van der Waals surface area contributed by atoms with E-state index in [0.29, 0.717) is 0 Å². The summed E-state index contributed by atoms with van der Waals surface area (Å²) in [6.45, 7) is 1.76. The molecule has 3 aromatic rings. The number of ketones is 1. The van der Waals surface area contributed by atoms with Crippen molar-refractivity contribution in [2.45, 2.75) is 24.0 Å². The lowest BCUT2D eigenvalue weighted by Crippen LogP contribution is -2.44. The maximum atomic E-state index is 14.2. The Morgan fingerprint density at radius 3 is 1.87 bits per heavy atom. The molecule has 0 heterocycles. The molecule has 0 bridgehead atoms. The lowest BCUT2D eigenvalue weighted by molar-refractivity contribution is -0.167. The fraction of sp³-hybridized carbons (Fsp3) is 0.174. The van der Waals surface area contributed by atoms with Crippen LogP contribution < -0.4 is 4.72 Å². The summed E-state index contributed by atoms with van der Waals surface area (Å²) in [6, 6.07) is 18.2. The van der Waals surface area contributed by atoms with Gasteiger partial charge in [0.1, 0.15) is 5.92 Å². The van der Waals surface area contributed by atoms with Gasteiger partial charge in [-0.1, -0.05) is 78.4 Å². The van der Waals surface area contributed by atoms with Crippen molar-refractivity contribution in [1.82, 2.24) is 4.72 Å². The molecule has 0 unspecified atom stereocenters. The SMILES string of the molecule is Cc1ccc(S(=O)(=O)N[C@H](c2ccccc2)[C@H](C(=O)c2ccccc2)C(F)(F)F)cc1. The highest BCUT2D eigenvalue weighted by atomic mass is 32.2. The van der Waals surface area contributed by atoms with Crippen molar-refractivity contribution in [1.29, 1.82) is 0 Å². The first-order chi connectivity index (χ1) is 14.6. The smallest absolute Gasteiger partial charge is 0.293 e. The Balaban J connectivity index is 2.10. The second-order valence-corrected chi connectivity index (χ2v) is 8.79. The molecule has 0 aliphatic carbocycles. The molecule has 4 nitrogen and oxygen atoms in total. The summed E-state index contributed by atoms with van der Waals surface area (Å²) in [4.78, 5) is 12.7. The summed E-state index contributed by atoms with van der Waals surface area (Å²) in [5.41, 5.74) is 0.677. The number of benzene rings is 3. The van der Waals surface area contributed by atoms with Crippen molar-refractivity contribution >= 4 is 15.8 Å². The van der Waals surface area contributed by atoms with E-state index in [-0.39, 0.29) is 16.0 Å². The van der Waals surface area contributed by atoms with Crippen LogP contribution in [0.5, 0.6) is 0 Å². The van der Waals surface area contributed by atoms with Crippen molar-refractivity contribution in [3.05, 3.63) is 102 Å². The van der Waals surface area contributed by atoms with E-state index in [4.69, 9.17) is 0 Å². The van der Waals surface area contributed by atoms with Gasteiger partial charge >= 0.3 is 6.18 Å². The summed E-state index contributed by atoms with van der Waals surface area (Å²) in [6.07, 6.45) is -5.00. The number of hydrogen-bond acceptors (Lipinski definition) is 3. The first-order valence-corrected chi connectivity index (χ1v) is 10.9. The molecule has 3 aromatic carbocycles. The quantitative estimate of drug-likeness (QED) is 0.514. The van der Waals surface area contributed by atoms with Crippen molar-refractivity contribution in [3.8, 4) is 0 Å². The normalized spacial score (nSPS) is 14.1. The van der Waals surface area contributed by atoms with Crippen LogP contribution in [0.1, 0.15) is 27.5 Å². The van der Waals surface area contributed by atoms with E-state index in [1.807, 2.05) is 0 Å². The number of alkyl halides is 3. The zero-order valence-corrected chi connectivity index (χ0v) is 17.3. The molecule has 0 radical (unpaired) electrons. The molecule has 0 aliphatic heterocycles. The highest BCUT2D eigenvalue weighted by Crippen LogP contribution is 2.39. The van der Waals surface area contributed by atoms with Crippen LogP contribution >= 0.6 is 0 Å². The molecule has 31 heavy (non-hydrogen) atoms. The third-order valence-corrected chi connectivity index (χ3v) is 6.26. The Morgan fingerprint density at radius 2 is 1.35 bits per heavy atom. The number of hydrogen-bond donors (Lipinski definition) is 1. The van der Waals surface area contributed by atoms with E-state index in [9.17, 15) is 26.4 Å². The summed E-state index contributed by atoms with van der Waals surface area (Å²) < 4.78 is 70.5. The van der Waals surface area contributed by atoms with Gasteiger partial charge in [-0.2, -0.15) is 13.2 Å². The van der Waals surface area contributed by atoms with Crippen LogP contribution in [0, 0.1) is 12.8 Å². The molecule has 0 saturated heterocycles. The highest BCUT2D eigenvalue weighted by molar-refractivity contribution is 7.89. The van der Waals surface area contributed by atoms with E-state index in [1.165, 1.54) is 60.7 Å². The molecule has 8 heteroatoms. The maximum absolute atomic E-state index is 14.2. The van der Waals surface area contributed by atoms with Crippen molar-refractivity contribution in [2.24, 2.45) is 5.92 Å². The minimum absolute atomic E-state index is 0.0322. The van der Waals surface area contributed by atoms with Crippen LogP contribution in [-0.2, 0) is 10.0 Å². The molecule has 0 aromatic heterocycles. The molecular weight excluding hydrogens is 427 g/mol. The number of sulfonamides is 1. The Morgan fingerprint density at radius 1 is 0.839 bits per heavy atom. The first kappa shape index (κ1) is 22.7. The monoisotopic (exact) mass is 447 g/mol. The highest BCUT2D eigenvalue weighted by Gasteiger charge is 2.51. The molecular formula is C23H20F3NO3S. The average Bonchev–Trinajstić information content (AvgIpc) is 2.73. The van der Waals surface area contributed by atoms with Gasteiger partial charge in [0.05, 0.1) is 10.9 Å². The predicted octanol–water partition coefficient (Wildman–Crippen LogP) is 5.08. The molecule has 3 rings (SSSR count). The molecule has 0 spiro atoms. The van der Waals surface area contributed by atoms with Gasteiger partial charge in [0, 0.05) is 5.56 Å². The standard InChI is InChI=1S/C23H20F3NO3S/c1-16-12-14-19(15-13-16)31(29,30)27-21(17-8-4-2-5-9-17)20(23(24,25)26)22(28)18-10-6-3-7-11-18/h2-15,20-21,27H,1H3/t20-,21-/m1/s1. The van der Waals surface area contributed by atoms with E-state index in [1.54, 1.807) is 31.2 Å². The average molecular weight is 447 g/mol. The molecule has 0 amide bonds. The van der Waals surface area contributed by atoms with Crippen molar-refractivity contribution in [2.75, 3.05) is 0 Å². The minimum atomic E-state index is -5.00. The zero-order chi connectivity index (χ0) is 22.6. The van der Waals surface area contributed by atoms with Gasteiger partial charge in [0.25, 0.3) is 0 Å². The number of carbonyl (C=O) groups is 1. The Kier molecular flexibility index (Phi) is 6.62. The van der Waals surface area contributed by atoms with Gasteiger partial charge in [-0.3, -0.25) is 4.79 Å². The number of carbonyl (C=O) groups excluding carboxylic acids is 1. The van der Waals surface area contributed by atoms with E-state index in [0.717, 1.165) is 5.56 Å². The van der Waals surface area contributed by atoms with Gasteiger partial charge in [-0.25, -0.2) is 13.1 Å². The Labute approximate surface area is 178 Å². The zero-order valence-electron chi connectivity index (χ0n) is 16.5. The fourth-order valence-corrected chi connectivity index (χ4v) is 4.45. The van der Waals surface area contributed by atoms with E-state index in [2.05, 4.69) is 4.72 Å². The summed E-state index contributed by atoms with van der Waals surface area (Å²) in [7, 11) is -4.35. The summed E-state index contributed by atoms with van der Waals surface area (Å²) in [5.74, 6) is -3.83. The fourth-order valence-electron chi connectivity index (χ4n) is 3.21. The number of Topliss-reactive ketones (excluding diaryl/α,β-unsaturated/α-hetero) is 1. The van der Waals surface area contributed by atoms with Crippen LogP contribution in [0.2, 0.25) is 0 Å². The molecule has 162 valence electrons. The van der Waals surface area contributed by atoms with Gasteiger partial charge in [-0.05, 0) is 24.6 Å². The van der Waals surface area contributed by atoms with Gasteiger partial charge in [0.2, 0.25) is 10.0 Å². The van der Waals surface area contributed by atoms with Crippen LogP contribution in [-0.4, -0.2) is 20.4 Å². The minimum Gasteiger partial charge on any atom is -0.293 e. The lowest BCUT2D eigenvalue weighted by Gasteiger charge is -2.29. The molecule has 2 atom stereocenters. The van der Waals surface area contributed by atoms with Crippen LogP contribution in [0.4, 0.5) is 13.2 Å². The van der Waals surface area contributed by atoms with Crippen LogP contribution in [0.25, 0.3) is 0 Å². The maximum Gasteiger partial charge on any atom is 0.400 e. The van der Waals surface area contributed by atoms with Gasteiger partial charge in [0.15, 0.2) is 5.78 Å². The molecule has 0 fully saturated rings. The third-order valence-electron chi connectivity index (χ3n) is 4.80. The number of aryl methyl sites for hydroxylation is 1. The molecule has 1 N–H and O–H groups in total. The Hall–Kier alpha value is -2.97. The second-order valence-electron chi connectivity index (χ2n) is 7.07. The lowest BCUT2D eigenvalue weighted by atomic mass is 9.86. The van der Waals surface area contributed by atoms with E-state index < -0.39 is 33.9 Å². The molecule has 0 saturated carbocycles. The van der Waals surface area contributed by atoms with Crippen molar-refractivity contribution in [3.63, 3.8) is 0 Å². The largest absolute Gasteiger partial charge is 0.400 e. The number of nitrogens with one attached hydrogen (secondary N) is 1. The van der Waals surface area contributed by atoms with E-state index >= 15 is 0 Å². The first-order valence-electron chi connectivity index (χ1n) is 9.39. The van der Waals surface area contributed by atoms with Gasteiger partial charge < -0.3 is 0 Å².